The molecular formula is C47H46F3N2+. The molecule has 0 amide bonds. The highest BCUT2D eigenvalue weighted by Gasteiger charge is 2.52. The summed E-state index contributed by atoms with van der Waals surface area (Å²) in [7, 11) is 2.13. The minimum Gasteiger partial charge on any atom is -0.347 e. The average molecular weight is 696 g/mol. The quantitative estimate of drug-likeness (QED) is 0.147. The molecule has 2 aliphatic heterocycles. The Kier molecular flexibility index (Phi) is 8.93. The van der Waals surface area contributed by atoms with E-state index in [9.17, 15) is 13.2 Å². The molecule has 264 valence electrons. The van der Waals surface area contributed by atoms with E-state index in [2.05, 4.69) is 127 Å². The van der Waals surface area contributed by atoms with Gasteiger partial charge in [0.2, 0.25) is 5.69 Å². The summed E-state index contributed by atoms with van der Waals surface area (Å²) < 4.78 is 43.4. The first-order valence-electron chi connectivity index (χ1n) is 18.8. The molecule has 1 unspecified atom stereocenters. The van der Waals surface area contributed by atoms with E-state index in [0.717, 1.165) is 49.2 Å². The number of alkyl halides is 3. The van der Waals surface area contributed by atoms with Crippen LogP contribution in [0.4, 0.5) is 24.5 Å². The molecule has 5 heteroatoms. The van der Waals surface area contributed by atoms with Gasteiger partial charge in [-0.2, -0.15) is 17.7 Å². The van der Waals surface area contributed by atoms with E-state index in [4.69, 9.17) is 0 Å². The number of anilines is 1. The molecule has 0 aromatic heterocycles. The number of hydrogen-bond acceptors (Lipinski definition) is 1. The molecular weight excluding hydrogens is 650 g/mol. The highest BCUT2D eigenvalue weighted by molar-refractivity contribution is 6.08. The Morgan fingerprint density at radius 3 is 2.15 bits per heavy atom. The molecule has 5 aromatic rings. The minimum absolute atomic E-state index is 0.0372. The molecule has 1 aliphatic carbocycles. The molecule has 3 aliphatic rings. The van der Waals surface area contributed by atoms with Crippen LogP contribution in [0, 0.1) is 0 Å². The molecule has 0 radical (unpaired) electrons. The van der Waals surface area contributed by atoms with Gasteiger partial charge in [0, 0.05) is 48.0 Å². The van der Waals surface area contributed by atoms with Crippen molar-refractivity contribution in [1.82, 2.24) is 0 Å². The predicted octanol–water partition coefficient (Wildman–Crippen LogP) is 11.9. The second-order valence-corrected chi connectivity index (χ2v) is 15.0. The van der Waals surface area contributed by atoms with Gasteiger partial charge >= 0.3 is 6.18 Å². The molecule has 5 aromatic carbocycles. The standard InChI is InChI=1S/C47H46F3N2/c1-3-31-52-41-28-25-36-17-8-9-18-38(36)44(41)45(29-12-5-13-30-45)43(52)22-14-21-42-46(32-34-15-6-4-7-16-34,39-19-10-11-20-40(39)51(42)2)33-35-23-26-37(27-24-35)47(48,49)50/h4,6-11,14-28H,3,5,12-13,29-33H2,1-2H3/q+1. The first kappa shape index (κ1) is 34.2. The fraction of sp³-hybridized carbons (Fsp3) is 0.298. The number of likely N-dealkylation sites (N-methyl/N-ethyl adjacent to an activating group) is 1. The molecule has 0 saturated heterocycles. The van der Waals surface area contributed by atoms with E-state index in [1.807, 2.05) is 6.07 Å². The van der Waals surface area contributed by atoms with Crippen molar-refractivity contribution in [2.24, 2.45) is 0 Å². The van der Waals surface area contributed by atoms with Gasteiger partial charge in [0.15, 0.2) is 5.71 Å². The molecule has 2 nitrogen and oxygen atoms in total. The molecule has 1 fully saturated rings. The van der Waals surface area contributed by atoms with Crippen LogP contribution in [-0.4, -0.2) is 23.9 Å². The van der Waals surface area contributed by atoms with Gasteiger partial charge in [-0.1, -0.05) is 117 Å². The summed E-state index contributed by atoms with van der Waals surface area (Å²) in [6, 6.07) is 38.3. The van der Waals surface area contributed by atoms with E-state index in [0.29, 0.717) is 6.42 Å². The third kappa shape index (κ3) is 5.79. The van der Waals surface area contributed by atoms with Gasteiger partial charge in [-0.3, -0.25) is 0 Å². The Bertz CT molecular complexity index is 2190. The lowest BCUT2D eigenvalue weighted by atomic mass is 9.66. The topological polar surface area (TPSA) is 6.25 Å². The zero-order chi connectivity index (χ0) is 35.9. The molecule has 1 saturated carbocycles. The number of nitrogens with zero attached hydrogens (tertiary/aromatic N) is 2. The summed E-state index contributed by atoms with van der Waals surface area (Å²) in [5.41, 5.74) is 8.64. The number of allylic oxidation sites excluding steroid dienone is 4. The Balaban J connectivity index is 1.28. The molecule has 2 heterocycles. The highest BCUT2D eigenvalue weighted by Crippen LogP contribution is 2.53. The number of benzene rings is 5. The normalized spacial score (nSPS) is 20.4. The summed E-state index contributed by atoms with van der Waals surface area (Å²) in [5.74, 6) is 0. The molecule has 8 rings (SSSR count). The van der Waals surface area contributed by atoms with Crippen molar-refractivity contribution in [1.29, 1.82) is 0 Å². The van der Waals surface area contributed by atoms with Gasteiger partial charge in [0.05, 0.1) is 11.0 Å². The van der Waals surface area contributed by atoms with E-state index in [1.54, 1.807) is 12.1 Å². The maximum atomic E-state index is 13.6. The number of rotatable bonds is 8. The lowest BCUT2D eigenvalue weighted by Gasteiger charge is -2.34. The lowest BCUT2D eigenvalue weighted by molar-refractivity contribution is -0.437. The van der Waals surface area contributed by atoms with Crippen LogP contribution in [-0.2, 0) is 29.8 Å². The van der Waals surface area contributed by atoms with Crippen molar-refractivity contribution in [2.45, 2.75) is 75.3 Å². The van der Waals surface area contributed by atoms with Crippen molar-refractivity contribution in [3.63, 3.8) is 0 Å². The Labute approximate surface area is 305 Å². The Morgan fingerprint density at radius 2 is 1.42 bits per heavy atom. The predicted molar refractivity (Wildman–Crippen MR) is 208 cm³/mol. The van der Waals surface area contributed by atoms with E-state index in [-0.39, 0.29) is 5.41 Å². The van der Waals surface area contributed by atoms with Gasteiger partial charge in [-0.25, -0.2) is 0 Å². The van der Waals surface area contributed by atoms with Gasteiger partial charge in [-0.15, -0.1) is 0 Å². The van der Waals surface area contributed by atoms with Crippen LogP contribution >= 0.6 is 0 Å². The van der Waals surface area contributed by atoms with Gasteiger partial charge in [0.1, 0.15) is 6.54 Å². The van der Waals surface area contributed by atoms with E-state index < -0.39 is 17.2 Å². The number of fused-ring (bicyclic) bond motifs is 5. The fourth-order valence-corrected chi connectivity index (χ4v) is 9.68. The Hall–Kier alpha value is -4.90. The van der Waals surface area contributed by atoms with Crippen LogP contribution in [0.15, 0.2) is 139 Å². The van der Waals surface area contributed by atoms with Gasteiger partial charge in [0.25, 0.3) is 0 Å². The highest BCUT2D eigenvalue weighted by atomic mass is 19.4. The summed E-state index contributed by atoms with van der Waals surface area (Å²) in [5, 5.41) is 2.67. The zero-order valence-corrected chi connectivity index (χ0v) is 30.1. The summed E-state index contributed by atoms with van der Waals surface area (Å²) >= 11 is 0. The summed E-state index contributed by atoms with van der Waals surface area (Å²) in [4.78, 5) is 2.30. The van der Waals surface area contributed by atoms with E-state index in [1.165, 1.54) is 70.3 Å². The van der Waals surface area contributed by atoms with Gasteiger partial charge < -0.3 is 4.90 Å². The number of para-hydroxylation sites is 1. The zero-order valence-electron chi connectivity index (χ0n) is 30.1. The van der Waals surface area contributed by atoms with Crippen LogP contribution in [0.5, 0.6) is 0 Å². The maximum Gasteiger partial charge on any atom is 0.416 e. The SMILES string of the molecule is CCC[N+]1=C(/C=C/C=C2\N(C)c3ccccc3C2(Cc2ccccc2)Cc2ccc(C(F)(F)F)cc2)C2(CCCCC2)c2c1ccc1ccccc21. The fourth-order valence-electron chi connectivity index (χ4n) is 9.68. The van der Waals surface area contributed by atoms with Crippen molar-refractivity contribution in [3.8, 4) is 0 Å². The Morgan fingerprint density at radius 1 is 0.750 bits per heavy atom. The number of halogens is 3. The average Bonchev–Trinajstić information content (AvgIpc) is 3.53. The molecule has 0 bridgehead atoms. The minimum atomic E-state index is -4.37. The molecule has 52 heavy (non-hydrogen) atoms. The van der Waals surface area contributed by atoms with Crippen molar-refractivity contribution in [2.75, 3.05) is 18.5 Å². The summed E-state index contributed by atoms with van der Waals surface area (Å²) in [6.07, 6.45) is 10.9. The van der Waals surface area contributed by atoms with Crippen LogP contribution in [0.2, 0.25) is 0 Å². The van der Waals surface area contributed by atoms with Crippen LogP contribution < -0.4 is 4.90 Å². The third-order valence-corrected chi connectivity index (χ3v) is 11.9. The van der Waals surface area contributed by atoms with E-state index >= 15 is 0 Å². The van der Waals surface area contributed by atoms with Crippen molar-refractivity contribution < 1.29 is 17.7 Å². The first-order chi connectivity index (χ1) is 25.2. The van der Waals surface area contributed by atoms with Crippen LogP contribution in [0.25, 0.3) is 10.8 Å². The lowest BCUT2D eigenvalue weighted by Crippen LogP contribution is -2.37. The largest absolute Gasteiger partial charge is 0.416 e. The summed E-state index contributed by atoms with van der Waals surface area (Å²) in [6.45, 7) is 3.22. The second kappa shape index (κ2) is 13.6. The smallest absolute Gasteiger partial charge is 0.347 e. The molecule has 1 atom stereocenters. The van der Waals surface area contributed by atoms with Crippen LogP contribution in [0.1, 0.15) is 73.3 Å². The first-order valence-corrected chi connectivity index (χ1v) is 18.8. The van der Waals surface area contributed by atoms with Gasteiger partial charge in [-0.05, 0) is 83.5 Å². The second-order valence-electron chi connectivity index (χ2n) is 15.0. The molecule has 0 N–H and O–H groups in total. The third-order valence-electron chi connectivity index (χ3n) is 11.9. The van der Waals surface area contributed by atoms with Crippen LogP contribution in [0.3, 0.4) is 0 Å². The number of hydrogen-bond donors (Lipinski definition) is 0. The molecule has 1 spiro atoms. The maximum absolute atomic E-state index is 13.6. The monoisotopic (exact) mass is 695 g/mol. The van der Waals surface area contributed by atoms with Crippen molar-refractivity contribution >= 4 is 27.9 Å². The van der Waals surface area contributed by atoms with Crippen molar-refractivity contribution in [3.05, 3.63) is 167 Å².